The molecule has 1 N–H and O–H groups in total. The number of rotatable bonds is 6. The first-order valence-electron chi connectivity index (χ1n) is 9.68. The van der Waals surface area contributed by atoms with Crippen LogP contribution in [0.15, 0.2) is 12.2 Å². The molecule has 1 aromatic rings. The molecule has 0 spiro atoms. The monoisotopic (exact) mass is 416 g/mol. The van der Waals surface area contributed by atoms with E-state index >= 15 is 0 Å². The molecule has 9 nitrogen and oxygen atoms in total. The molecule has 160 valence electrons. The lowest BCUT2D eigenvalue weighted by Crippen LogP contribution is -2.38. The average molecular weight is 416 g/mol. The summed E-state index contributed by atoms with van der Waals surface area (Å²) in [6, 6.07) is 0. The van der Waals surface area contributed by atoms with Crippen molar-refractivity contribution in [2.45, 2.75) is 39.7 Å². The molecule has 1 aliphatic carbocycles. The topological polar surface area (TPSA) is 123 Å². The van der Waals surface area contributed by atoms with E-state index in [-0.39, 0.29) is 23.1 Å². The van der Waals surface area contributed by atoms with Crippen molar-refractivity contribution in [3.8, 4) is 0 Å². The van der Waals surface area contributed by atoms with Crippen LogP contribution in [-0.2, 0) is 23.9 Å². The van der Waals surface area contributed by atoms with Gasteiger partial charge < -0.3 is 14.5 Å². The van der Waals surface area contributed by atoms with Gasteiger partial charge in [-0.05, 0) is 39.2 Å². The average Bonchev–Trinajstić information content (AvgIpc) is 3.15. The lowest BCUT2D eigenvalue weighted by atomic mass is 9.85. The summed E-state index contributed by atoms with van der Waals surface area (Å²) >= 11 is 0. The minimum absolute atomic E-state index is 0.138. The smallest absolute Gasteiger partial charge is 0.339 e. The molecule has 1 fully saturated rings. The largest absolute Gasteiger partial charge is 0.465 e. The number of aromatic nitrogens is 1. The number of hydrogen-bond acceptors (Lipinski definition) is 7. The van der Waals surface area contributed by atoms with Crippen LogP contribution >= 0.6 is 0 Å². The number of Topliss-reactive ketones (excluding diaryl/α,β-unsaturated/α-hetero) is 1. The summed E-state index contributed by atoms with van der Waals surface area (Å²) in [6.07, 6.45) is 3.50. The van der Waals surface area contributed by atoms with Gasteiger partial charge in [0.2, 0.25) is 17.6 Å². The van der Waals surface area contributed by atoms with Crippen molar-refractivity contribution in [3.63, 3.8) is 0 Å². The van der Waals surface area contributed by atoms with E-state index in [1.165, 1.54) is 14.0 Å². The van der Waals surface area contributed by atoms with Crippen LogP contribution in [0.5, 0.6) is 0 Å². The van der Waals surface area contributed by atoms with Gasteiger partial charge in [-0.15, -0.1) is 0 Å². The van der Waals surface area contributed by atoms with Gasteiger partial charge in [0, 0.05) is 5.69 Å². The summed E-state index contributed by atoms with van der Waals surface area (Å²) in [4.78, 5) is 65.6. The van der Waals surface area contributed by atoms with Gasteiger partial charge in [0.05, 0.1) is 30.2 Å². The van der Waals surface area contributed by atoms with Crippen LogP contribution in [0.4, 0.5) is 0 Å². The quantitative estimate of drug-likeness (QED) is 0.322. The Balaban J connectivity index is 1.66. The standard InChI is InChI=1S/C21H24N2O7/c1-10-16(21(28)29-4)11(2)22-17(10)18(25)12(3)30-15(24)9-23-19(26)13-7-5-6-8-14(13)20(23)27/h5-6,12-14,22H,7-9H2,1-4H3/t12-,13-,14+/m1/s1. The highest BCUT2D eigenvalue weighted by Crippen LogP contribution is 2.34. The first-order chi connectivity index (χ1) is 14.2. The normalized spacial score (nSPS) is 21.4. The second-order valence-corrected chi connectivity index (χ2v) is 7.53. The van der Waals surface area contributed by atoms with Gasteiger partial charge >= 0.3 is 11.9 Å². The first kappa shape index (κ1) is 21.5. The summed E-state index contributed by atoms with van der Waals surface area (Å²) in [5.41, 5.74) is 1.25. The molecule has 2 amide bonds. The number of esters is 2. The number of fused-ring (bicyclic) bond motifs is 1. The molecule has 1 saturated heterocycles. The number of allylic oxidation sites excluding steroid dienone is 2. The number of likely N-dealkylation sites (tertiary alicyclic amines) is 1. The molecule has 1 aliphatic heterocycles. The fraction of sp³-hybridized carbons (Fsp3) is 0.476. The zero-order chi connectivity index (χ0) is 22.2. The third kappa shape index (κ3) is 3.67. The van der Waals surface area contributed by atoms with Crippen LogP contribution in [0.3, 0.4) is 0 Å². The van der Waals surface area contributed by atoms with Crippen molar-refractivity contribution in [3.05, 3.63) is 34.7 Å². The zero-order valence-corrected chi connectivity index (χ0v) is 17.3. The summed E-state index contributed by atoms with van der Waals surface area (Å²) in [7, 11) is 1.24. The van der Waals surface area contributed by atoms with E-state index in [4.69, 9.17) is 9.47 Å². The Morgan fingerprint density at radius 1 is 1.13 bits per heavy atom. The van der Waals surface area contributed by atoms with Crippen molar-refractivity contribution < 1.29 is 33.4 Å². The Bertz CT molecular complexity index is 933. The molecule has 3 atom stereocenters. The van der Waals surface area contributed by atoms with E-state index in [2.05, 4.69) is 4.98 Å². The van der Waals surface area contributed by atoms with E-state index in [1.54, 1.807) is 13.8 Å². The molecular weight excluding hydrogens is 392 g/mol. The Kier molecular flexibility index (Phi) is 5.91. The van der Waals surface area contributed by atoms with Crippen LogP contribution in [0, 0.1) is 25.7 Å². The first-order valence-corrected chi connectivity index (χ1v) is 9.68. The van der Waals surface area contributed by atoms with Gasteiger partial charge in [0.1, 0.15) is 6.54 Å². The molecule has 2 heterocycles. The van der Waals surface area contributed by atoms with E-state index in [1.807, 2.05) is 12.2 Å². The number of ketones is 1. The molecule has 0 bridgehead atoms. The number of aryl methyl sites for hydroxylation is 1. The molecule has 0 saturated carbocycles. The minimum Gasteiger partial charge on any atom is -0.465 e. The number of hydrogen-bond donors (Lipinski definition) is 1. The van der Waals surface area contributed by atoms with Gasteiger partial charge in [-0.3, -0.25) is 24.1 Å². The third-order valence-corrected chi connectivity index (χ3v) is 5.64. The highest BCUT2D eigenvalue weighted by atomic mass is 16.5. The zero-order valence-electron chi connectivity index (χ0n) is 17.3. The Morgan fingerprint density at radius 3 is 2.23 bits per heavy atom. The third-order valence-electron chi connectivity index (χ3n) is 5.64. The number of carbonyl (C=O) groups excluding carboxylic acids is 5. The number of H-pyrrole nitrogens is 1. The number of imide groups is 1. The van der Waals surface area contributed by atoms with Crippen molar-refractivity contribution in [2.24, 2.45) is 11.8 Å². The summed E-state index contributed by atoms with van der Waals surface area (Å²) in [5.74, 6) is -3.60. The van der Waals surface area contributed by atoms with E-state index in [0.29, 0.717) is 24.1 Å². The maximum atomic E-state index is 12.7. The summed E-state index contributed by atoms with van der Waals surface area (Å²) in [5, 5.41) is 0. The lowest BCUT2D eigenvalue weighted by Gasteiger charge is -2.16. The number of methoxy groups -OCH3 is 1. The number of aromatic amines is 1. The molecule has 0 unspecified atom stereocenters. The molecule has 3 rings (SSSR count). The molecule has 2 aliphatic rings. The number of nitrogens with one attached hydrogen (secondary N) is 1. The molecule has 0 radical (unpaired) electrons. The molecule has 0 aromatic carbocycles. The molecule has 9 heteroatoms. The molecule has 1 aromatic heterocycles. The number of amides is 2. The predicted molar refractivity (Wildman–Crippen MR) is 104 cm³/mol. The minimum atomic E-state index is -1.17. The van der Waals surface area contributed by atoms with Crippen molar-refractivity contribution in [1.82, 2.24) is 9.88 Å². The van der Waals surface area contributed by atoms with Crippen LogP contribution in [0.25, 0.3) is 0 Å². The fourth-order valence-electron chi connectivity index (χ4n) is 4.05. The van der Waals surface area contributed by atoms with Crippen molar-refractivity contribution >= 4 is 29.5 Å². The van der Waals surface area contributed by atoms with E-state index in [0.717, 1.165) is 4.90 Å². The van der Waals surface area contributed by atoms with Gasteiger partial charge in [-0.25, -0.2) is 4.79 Å². The number of ether oxygens (including phenoxy) is 2. The Morgan fingerprint density at radius 2 is 1.70 bits per heavy atom. The highest BCUT2D eigenvalue weighted by molar-refractivity contribution is 6.08. The van der Waals surface area contributed by atoms with Crippen LogP contribution < -0.4 is 0 Å². The van der Waals surface area contributed by atoms with Crippen LogP contribution in [0.2, 0.25) is 0 Å². The lowest BCUT2D eigenvalue weighted by molar-refractivity contribution is -0.154. The summed E-state index contributed by atoms with van der Waals surface area (Å²) < 4.78 is 9.90. The molecule has 30 heavy (non-hydrogen) atoms. The van der Waals surface area contributed by atoms with Gasteiger partial charge in [-0.2, -0.15) is 0 Å². The summed E-state index contributed by atoms with van der Waals surface area (Å²) in [6.45, 7) is 4.09. The van der Waals surface area contributed by atoms with E-state index in [9.17, 15) is 24.0 Å². The Hall–Kier alpha value is -3.23. The van der Waals surface area contributed by atoms with E-state index < -0.39 is 42.2 Å². The maximum Gasteiger partial charge on any atom is 0.339 e. The molecular formula is C21H24N2O7. The van der Waals surface area contributed by atoms with Gasteiger partial charge in [0.25, 0.3) is 0 Å². The number of carbonyl (C=O) groups is 5. The van der Waals surface area contributed by atoms with Crippen LogP contribution in [0.1, 0.15) is 51.9 Å². The van der Waals surface area contributed by atoms with Gasteiger partial charge in [-0.1, -0.05) is 12.2 Å². The maximum absolute atomic E-state index is 12.7. The van der Waals surface area contributed by atoms with Gasteiger partial charge in [0.15, 0.2) is 6.10 Å². The SMILES string of the molecule is COC(=O)c1c(C)[nH]c(C(=O)[C@@H](C)OC(=O)CN2C(=O)[C@H]3CC=CC[C@H]3C2=O)c1C. The fourth-order valence-corrected chi connectivity index (χ4v) is 4.05. The van der Waals surface area contributed by atoms with Crippen LogP contribution in [-0.4, -0.2) is 59.2 Å². The number of nitrogens with zero attached hydrogens (tertiary/aromatic N) is 1. The second kappa shape index (κ2) is 8.25. The van der Waals surface area contributed by atoms with Crippen molar-refractivity contribution in [1.29, 1.82) is 0 Å². The predicted octanol–water partition coefficient (Wildman–Crippen LogP) is 1.48. The van der Waals surface area contributed by atoms with Crippen molar-refractivity contribution in [2.75, 3.05) is 13.7 Å². The Labute approximate surface area is 173 Å². The highest BCUT2D eigenvalue weighted by Gasteiger charge is 2.48. The second-order valence-electron chi connectivity index (χ2n) is 7.53.